The summed E-state index contributed by atoms with van der Waals surface area (Å²) in [6.45, 7) is 4.75. The number of rotatable bonds is 3. The van der Waals surface area contributed by atoms with Crippen LogP contribution in [0.2, 0.25) is 0 Å². The lowest BCUT2D eigenvalue weighted by atomic mass is 9.85. The molecular weight excluding hydrogens is 705 g/mol. The molecule has 0 atom stereocenters. The van der Waals surface area contributed by atoms with E-state index >= 15 is 0 Å². The monoisotopic (exact) mass is 740 g/mol. The van der Waals surface area contributed by atoms with Crippen LogP contribution in [0.15, 0.2) is 182 Å². The van der Waals surface area contributed by atoms with Crippen molar-refractivity contribution in [2.75, 3.05) is 0 Å². The van der Waals surface area contributed by atoms with Crippen LogP contribution in [0.4, 0.5) is 0 Å². The van der Waals surface area contributed by atoms with Crippen LogP contribution in [0.5, 0.6) is 0 Å². The van der Waals surface area contributed by atoms with Crippen LogP contribution < -0.4 is 0 Å². The fourth-order valence-corrected chi connectivity index (χ4v) is 10.4. The number of pyridine rings is 1. The Morgan fingerprint density at radius 2 is 0.948 bits per heavy atom. The van der Waals surface area contributed by atoms with E-state index in [-0.39, 0.29) is 5.41 Å². The van der Waals surface area contributed by atoms with E-state index in [0.29, 0.717) is 0 Å². The lowest BCUT2D eigenvalue weighted by Crippen LogP contribution is -2.19. The molecule has 0 bridgehead atoms. The summed E-state index contributed by atoms with van der Waals surface area (Å²) in [7, 11) is 0. The Morgan fingerprint density at radius 1 is 0.414 bits per heavy atom. The number of hydrogen-bond donors (Lipinski definition) is 0. The molecule has 0 radical (unpaired) electrons. The Balaban J connectivity index is 1.02. The molecule has 4 heterocycles. The zero-order valence-corrected chi connectivity index (χ0v) is 32.1. The van der Waals surface area contributed by atoms with Gasteiger partial charge in [0.2, 0.25) is 0 Å². The Hall–Kier alpha value is -7.43. The van der Waals surface area contributed by atoms with Gasteiger partial charge >= 0.3 is 0 Å². The van der Waals surface area contributed by atoms with Crippen molar-refractivity contribution in [2.45, 2.75) is 19.3 Å². The minimum atomic E-state index is -0.237. The van der Waals surface area contributed by atoms with E-state index in [9.17, 15) is 0 Å². The van der Waals surface area contributed by atoms with E-state index in [1.54, 1.807) is 0 Å². The molecule has 1 aliphatic rings. The zero-order chi connectivity index (χ0) is 38.3. The first kappa shape index (κ1) is 31.7. The van der Waals surface area contributed by atoms with Gasteiger partial charge in [0.05, 0.1) is 33.1 Å². The molecule has 4 heteroatoms. The quantitative estimate of drug-likeness (QED) is 0.177. The predicted molar refractivity (Wildman–Crippen MR) is 242 cm³/mol. The van der Waals surface area contributed by atoms with Crippen LogP contribution in [0.3, 0.4) is 0 Å². The molecule has 13 rings (SSSR count). The normalized spacial score (nSPS) is 13.5. The highest BCUT2D eigenvalue weighted by atomic mass is 15.0. The van der Waals surface area contributed by atoms with E-state index in [0.717, 1.165) is 22.4 Å². The van der Waals surface area contributed by atoms with Crippen molar-refractivity contribution < 1.29 is 0 Å². The molecular formula is C54H36N4. The average Bonchev–Trinajstić information content (AvgIpc) is 3.99. The molecule has 4 aromatic heterocycles. The summed E-state index contributed by atoms with van der Waals surface area (Å²) in [6, 6.07) is 66.8. The van der Waals surface area contributed by atoms with Crippen molar-refractivity contribution in [3.63, 3.8) is 0 Å². The summed E-state index contributed by atoms with van der Waals surface area (Å²) in [6.07, 6.45) is 0. The minimum Gasteiger partial charge on any atom is -0.309 e. The topological polar surface area (TPSA) is 27.2 Å². The Morgan fingerprint density at radius 3 is 1.62 bits per heavy atom. The van der Waals surface area contributed by atoms with E-state index in [4.69, 9.17) is 4.98 Å². The van der Waals surface area contributed by atoms with Crippen molar-refractivity contribution in [2.24, 2.45) is 0 Å². The second-order valence-corrected chi connectivity index (χ2v) is 16.4. The van der Waals surface area contributed by atoms with Gasteiger partial charge in [-0.15, -0.1) is 0 Å². The van der Waals surface area contributed by atoms with Gasteiger partial charge in [-0.3, -0.25) is 4.40 Å². The molecule has 0 N–H and O–H groups in total. The number of imidazole rings is 1. The summed E-state index contributed by atoms with van der Waals surface area (Å²) < 4.78 is 7.28. The van der Waals surface area contributed by atoms with Gasteiger partial charge in [0.15, 0.2) is 0 Å². The van der Waals surface area contributed by atoms with Gasteiger partial charge in [-0.1, -0.05) is 123 Å². The highest BCUT2D eigenvalue weighted by Gasteiger charge is 2.40. The fraction of sp³-hybridized carbons (Fsp3) is 0.0556. The lowest BCUT2D eigenvalue weighted by molar-refractivity contribution is 0.631. The molecule has 8 aromatic carbocycles. The third-order valence-corrected chi connectivity index (χ3v) is 12.9. The number of para-hydroxylation sites is 5. The van der Waals surface area contributed by atoms with Crippen LogP contribution >= 0.6 is 0 Å². The first-order valence-corrected chi connectivity index (χ1v) is 20.1. The van der Waals surface area contributed by atoms with Gasteiger partial charge in [0.1, 0.15) is 5.65 Å². The van der Waals surface area contributed by atoms with E-state index in [1.807, 2.05) is 0 Å². The van der Waals surface area contributed by atoms with Crippen molar-refractivity contribution in [3.05, 3.63) is 193 Å². The molecule has 0 fully saturated rings. The van der Waals surface area contributed by atoms with Crippen molar-refractivity contribution in [1.29, 1.82) is 0 Å². The van der Waals surface area contributed by atoms with E-state index in [1.165, 1.54) is 93.6 Å². The predicted octanol–water partition coefficient (Wildman–Crippen LogP) is 13.8. The second-order valence-electron chi connectivity index (χ2n) is 16.4. The molecule has 58 heavy (non-hydrogen) atoms. The first-order chi connectivity index (χ1) is 28.5. The number of aromatic nitrogens is 4. The number of nitrogens with zero attached hydrogens (tertiary/aromatic N) is 4. The Bertz CT molecular complexity index is 3710. The van der Waals surface area contributed by atoms with Crippen LogP contribution in [0, 0.1) is 0 Å². The largest absolute Gasteiger partial charge is 0.309 e. The second kappa shape index (κ2) is 11.3. The van der Waals surface area contributed by atoms with Gasteiger partial charge in [0, 0.05) is 55.0 Å². The van der Waals surface area contributed by atoms with Gasteiger partial charge in [-0.25, -0.2) is 4.98 Å². The van der Waals surface area contributed by atoms with Gasteiger partial charge in [0.25, 0.3) is 0 Å². The molecule has 0 aliphatic heterocycles. The Labute approximate surface area is 334 Å². The number of benzene rings is 8. The van der Waals surface area contributed by atoms with Gasteiger partial charge in [-0.05, 0) is 100 Å². The molecule has 0 unspecified atom stereocenters. The summed E-state index contributed by atoms with van der Waals surface area (Å²) in [5, 5.41) is 7.45. The number of fused-ring (bicyclic) bond motifs is 16. The summed E-state index contributed by atoms with van der Waals surface area (Å²) in [4.78, 5) is 5.20. The highest BCUT2D eigenvalue weighted by molar-refractivity contribution is 6.14. The molecule has 4 nitrogen and oxygen atoms in total. The van der Waals surface area contributed by atoms with Gasteiger partial charge < -0.3 is 9.13 Å². The zero-order valence-electron chi connectivity index (χ0n) is 32.1. The minimum absolute atomic E-state index is 0.237. The molecule has 1 aliphatic carbocycles. The molecule has 272 valence electrons. The lowest BCUT2D eigenvalue weighted by Gasteiger charge is -2.23. The molecule has 0 saturated carbocycles. The van der Waals surface area contributed by atoms with Crippen LogP contribution in [-0.4, -0.2) is 18.5 Å². The van der Waals surface area contributed by atoms with Crippen LogP contribution in [-0.2, 0) is 5.41 Å². The van der Waals surface area contributed by atoms with Crippen LogP contribution in [0.25, 0.3) is 105 Å². The summed E-state index contributed by atoms with van der Waals surface area (Å²) in [5.74, 6) is 0. The van der Waals surface area contributed by atoms with E-state index in [2.05, 4.69) is 209 Å². The summed E-state index contributed by atoms with van der Waals surface area (Å²) >= 11 is 0. The SMILES string of the molecule is CC1(C)c2ccc(-n3c4ccccc4c4cc(-c5ccc6c(c5)c5ccccc5n6-c5ccccc5)ccc43)cc2-c2c1n1c3ccccc3nc1c1ccccc21. The van der Waals surface area contributed by atoms with Crippen molar-refractivity contribution in [1.82, 2.24) is 18.5 Å². The van der Waals surface area contributed by atoms with E-state index < -0.39 is 0 Å². The van der Waals surface area contributed by atoms with Gasteiger partial charge in [-0.2, -0.15) is 0 Å². The van der Waals surface area contributed by atoms with Crippen molar-refractivity contribution in [3.8, 4) is 33.6 Å². The molecule has 0 amide bonds. The fourth-order valence-electron chi connectivity index (χ4n) is 10.4. The smallest absolute Gasteiger partial charge is 0.146 e. The third-order valence-electron chi connectivity index (χ3n) is 12.9. The maximum absolute atomic E-state index is 5.20. The molecule has 0 saturated heterocycles. The Kier molecular flexibility index (Phi) is 6.20. The van der Waals surface area contributed by atoms with Crippen LogP contribution in [0.1, 0.15) is 25.1 Å². The average molecular weight is 741 g/mol. The maximum Gasteiger partial charge on any atom is 0.146 e. The third kappa shape index (κ3) is 4.11. The maximum atomic E-state index is 5.20. The highest BCUT2D eigenvalue weighted by Crippen LogP contribution is 2.53. The standard InChI is InChI=1S/C54H36N4/c1-54(2)44-27-26-36(32-43(44)51-39-18-6-7-19-40(39)53-55-45-20-10-13-23-50(45)58(53)52(51)54)57-47-22-12-9-17-38(47)42-31-34(25-29-49(42)57)33-24-28-48-41(30-33)37-16-8-11-21-46(37)56(48)35-14-4-3-5-15-35/h3-32H,1-2H3. The summed E-state index contributed by atoms with van der Waals surface area (Å²) in [5.41, 5.74) is 17.8. The molecule has 0 spiro atoms. The molecule has 12 aromatic rings. The van der Waals surface area contributed by atoms with Crippen molar-refractivity contribution >= 4 is 71.1 Å². The first-order valence-electron chi connectivity index (χ1n) is 20.1. The number of hydrogen-bond acceptors (Lipinski definition) is 1.